The zero-order valence-electron chi connectivity index (χ0n) is 16.0. The molecule has 0 unspecified atom stereocenters. The Morgan fingerprint density at radius 3 is 2.19 bits per heavy atom. The van der Waals surface area contributed by atoms with Gasteiger partial charge in [0, 0.05) is 24.8 Å². The van der Waals surface area contributed by atoms with Gasteiger partial charge in [-0.2, -0.15) is 5.26 Å². The van der Waals surface area contributed by atoms with Crippen LogP contribution in [0, 0.1) is 11.3 Å². The summed E-state index contributed by atoms with van der Waals surface area (Å²) in [6.45, 7) is 2.00. The molecule has 2 fully saturated rings. The molecule has 1 heterocycles. The summed E-state index contributed by atoms with van der Waals surface area (Å²) in [5.41, 5.74) is 2.10. The van der Waals surface area contributed by atoms with Gasteiger partial charge in [-0.3, -0.25) is 4.90 Å². The Bertz CT molecular complexity index is 757. The number of nitrogens with one attached hydrogen (secondary N) is 1. The van der Waals surface area contributed by atoms with Crippen molar-refractivity contribution in [3.05, 3.63) is 66.2 Å². The first-order valence-electron chi connectivity index (χ1n) is 10.3. The number of hydrogen-bond acceptors (Lipinski definition) is 3. The number of likely N-dealkylation sites (tertiary alicyclic amines) is 1. The Kier molecular flexibility index (Phi) is 5.45. The molecule has 2 aliphatic rings. The van der Waals surface area contributed by atoms with Gasteiger partial charge in [0.05, 0.1) is 6.07 Å². The number of nitrogens with zero attached hydrogens (tertiary/aromatic N) is 2. The van der Waals surface area contributed by atoms with Crippen LogP contribution in [0.3, 0.4) is 0 Å². The van der Waals surface area contributed by atoms with Gasteiger partial charge in [-0.1, -0.05) is 61.4 Å². The molecule has 0 aromatic heterocycles. The average Bonchev–Trinajstić information content (AvgIpc) is 2.76. The molecular weight excluding hydrogens is 330 g/mol. The van der Waals surface area contributed by atoms with Crippen LogP contribution in [0.15, 0.2) is 60.7 Å². The van der Waals surface area contributed by atoms with Crippen molar-refractivity contribution >= 4 is 5.69 Å². The van der Waals surface area contributed by atoms with Crippen molar-refractivity contribution in [2.45, 2.75) is 56.0 Å². The summed E-state index contributed by atoms with van der Waals surface area (Å²) in [4.78, 5) is 2.67. The topological polar surface area (TPSA) is 39.1 Å². The zero-order chi connectivity index (χ0) is 18.5. The second-order valence-corrected chi connectivity index (χ2v) is 8.09. The van der Waals surface area contributed by atoms with Crippen LogP contribution in [0.4, 0.5) is 5.69 Å². The van der Waals surface area contributed by atoms with Crippen molar-refractivity contribution in [2.24, 2.45) is 0 Å². The average molecular weight is 360 g/mol. The molecule has 140 valence electrons. The predicted octanol–water partition coefficient (Wildman–Crippen LogP) is 5.18. The summed E-state index contributed by atoms with van der Waals surface area (Å²) < 4.78 is 0. The lowest BCUT2D eigenvalue weighted by Gasteiger charge is -2.46. The van der Waals surface area contributed by atoms with Crippen LogP contribution in [0.2, 0.25) is 0 Å². The van der Waals surface area contributed by atoms with Crippen molar-refractivity contribution < 1.29 is 0 Å². The van der Waals surface area contributed by atoms with E-state index in [9.17, 15) is 5.26 Å². The second kappa shape index (κ2) is 8.15. The van der Waals surface area contributed by atoms with E-state index in [1.54, 1.807) is 0 Å². The third-order valence-corrected chi connectivity index (χ3v) is 6.45. The van der Waals surface area contributed by atoms with Crippen molar-refractivity contribution in [2.75, 3.05) is 18.4 Å². The molecule has 3 heteroatoms. The summed E-state index contributed by atoms with van der Waals surface area (Å²) in [7, 11) is 0. The SMILES string of the molecule is N#CC1(Nc2ccccc2)CCN([C@@H]2CCCC[C@H]2c2ccccc2)CC1. The van der Waals surface area contributed by atoms with Crippen molar-refractivity contribution in [1.29, 1.82) is 5.26 Å². The molecule has 4 rings (SSSR count). The predicted molar refractivity (Wildman–Crippen MR) is 111 cm³/mol. The van der Waals surface area contributed by atoms with E-state index >= 15 is 0 Å². The van der Waals surface area contributed by atoms with Crippen LogP contribution in [0.5, 0.6) is 0 Å². The monoisotopic (exact) mass is 359 g/mol. The lowest BCUT2D eigenvalue weighted by atomic mass is 9.77. The minimum atomic E-state index is -0.436. The second-order valence-electron chi connectivity index (χ2n) is 8.09. The number of anilines is 1. The number of hydrogen-bond donors (Lipinski definition) is 1. The van der Waals surface area contributed by atoms with Crippen LogP contribution in [0.25, 0.3) is 0 Å². The minimum Gasteiger partial charge on any atom is -0.367 e. The molecule has 1 saturated heterocycles. The molecule has 0 radical (unpaired) electrons. The van der Waals surface area contributed by atoms with E-state index in [1.807, 2.05) is 18.2 Å². The molecule has 2 aromatic rings. The van der Waals surface area contributed by atoms with Gasteiger partial charge in [-0.15, -0.1) is 0 Å². The van der Waals surface area contributed by atoms with Crippen molar-refractivity contribution in [1.82, 2.24) is 4.90 Å². The van der Waals surface area contributed by atoms with Gasteiger partial charge < -0.3 is 5.32 Å². The zero-order valence-corrected chi connectivity index (χ0v) is 16.0. The summed E-state index contributed by atoms with van der Waals surface area (Å²) >= 11 is 0. The van der Waals surface area contributed by atoms with Gasteiger partial charge in [-0.05, 0) is 49.3 Å². The maximum atomic E-state index is 9.90. The number of piperidine rings is 1. The highest BCUT2D eigenvalue weighted by Gasteiger charge is 2.39. The smallest absolute Gasteiger partial charge is 0.127 e. The molecule has 1 N–H and O–H groups in total. The van der Waals surface area contributed by atoms with Crippen molar-refractivity contribution in [3.8, 4) is 6.07 Å². The number of benzene rings is 2. The first kappa shape index (κ1) is 18.1. The van der Waals surface area contributed by atoms with Gasteiger partial charge in [0.2, 0.25) is 0 Å². The molecule has 2 aromatic carbocycles. The largest absolute Gasteiger partial charge is 0.367 e. The Morgan fingerprint density at radius 2 is 1.52 bits per heavy atom. The van der Waals surface area contributed by atoms with E-state index in [2.05, 4.69) is 58.8 Å². The third kappa shape index (κ3) is 4.01. The Hall–Kier alpha value is -2.31. The highest BCUT2D eigenvalue weighted by Crippen LogP contribution is 2.38. The number of para-hydroxylation sites is 1. The third-order valence-electron chi connectivity index (χ3n) is 6.45. The molecule has 1 aliphatic carbocycles. The van der Waals surface area contributed by atoms with E-state index < -0.39 is 5.54 Å². The number of rotatable bonds is 4. The summed E-state index contributed by atoms with van der Waals surface area (Å²) in [5, 5.41) is 13.4. The van der Waals surface area contributed by atoms with Gasteiger partial charge in [-0.25, -0.2) is 0 Å². The van der Waals surface area contributed by atoms with Crippen LogP contribution in [-0.4, -0.2) is 29.6 Å². The molecule has 1 aliphatic heterocycles. The van der Waals surface area contributed by atoms with Crippen LogP contribution >= 0.6 is 0 Å². The fourth-order valence-corrected chi connectivity index (χ4v) is 4.94. The lowest BCUT2D eigenvalue weighted by Crippen LogP contribution is -2.53. The lowest BCUT2D eigenvalue weighted by molar-refractivity contribution is 0.0985. The van der Waals surface area contributed by atoms with Gasteiger partial charge in [0.25, 0.3) is 0 Å². The van der Waals surface area contributed by atoms with Crippen LogP contribution < -0.4 is 5.32 Å². The first-order chi connectivity index (χ1) is 13.3. The maximum absolute atomic E-state index is 9.90. The number of nitriles is 1. The van der Waals surface area contributed by atoms with E-state index in [0.29, 0.717) is 12.0 Å². The van der Waals surface area contributed by atoms with Crippen LogP contribution in [-0.2, 0) is 0 Å². The Balaban J connectivity index is 1.45. The highest BCUT2D eigenvalue weighted by atomic mass is 15.2. The molecule has 0 bridgehead atoms. The summed E-state index contributed by atoms with van der Waals surface area (Å²) in [6.07, 6.45) is 7.01. The molecule has 3 nitrogen and oxygen atoms in total. The van der Waals surface area contributed by atoms with Crippen LogP contribution in [0.1, 0.15) is 50.0 Å². The molecular formula is C24H29N3. The summed E-state index contributed by atoms with van der Waals surface area (Å²) in [5.74, 6) is 0.636. The maximum Gasteiger partial charge on any atom is 0.127 e. The Labute approximate surface area is 163 Å². The molecule has 27 heavy (non-hydrogen) atoms. The summed E-state index contributed by atoms with van der Waals surface area (Å²) in [6, 6.07) is 24.4. The van der Waals surface area contributed by atoms with E-state index in [1.165, 1.54) is 31.2 Å². The molecule has 2 atom stereocenters. The first-order valence-corrected chi connectivity index (χ1v) is 10.3. The van der Waals surface area contributed by atoms with Gasteiger partial charge >= 0.3 is 0 Å². The molecule has 0 amide bonds. The van der Waals surface area contributed by atoms with E-state index in [4.69, 9.17) is 0 Å². The molecule has 1 saturated carbocycles. The van der Waals surface area contributed by atoms with Crippen molar-refractivity contribution in [3.63, 3.8) is 0 Å². The minimum absolute atomic E-state index is 0.436. The quantitative estimate of drug-likeness (QED) is 0.817. The normalized spacial score (nSPS) is 25.4. The molecule has 0 spiro atoms. The fourth-order valence-electron chi connectivity index (χ4n) is 4.94. The standard InChI is InChI=1S/C24H29N3/c25-19-24(26-21-11-5-2-6-12-21)15-17-27(18-16-24)23-14-8-7-13-22(23)20-9-3-1-4-10-20/h1-6,9-12,22-23,26H,7-8,13-18H2/t22-,23+/m0/s1. The van der Waals surface area contributed by atoms with Gasteiger partial charge in [0.1, 0.15) is 5.54 Å². The van der Waals surface area contributed by atoms with E-state index in [0.717, 1.165) is 31.6 Å². The van der Waals surface area contributed by atoms with E-state index in [-0.39, 0.29) is 0 Å². The fraction of sp³-hybridized carbons (Fsp3) is 0.458. The Morgan fingerprint density at radius 1 is 0.889 bits per heavy atom. The van der Waals surface area contributed by atoms with Gasteiger partial charge in [0.15, 0.2) is 0 Å². The highest BCUT2D eigenvalue weighted by molar-refractivity contribution is 5.47.